The lowest BCUT2D eigenvalue weighted by molar-refractivity contribution is 0.00914. The summed E-state index contributed by atoms with van der Waals surface area (Å²) in [6.07, 6.45) is 3.07. The first-order valence-electron chi connectivity index (χ1n) is 7.28. The second-order valence-corrected chi connectivity index (χ2v) is 5.39. The molecule has 0 aliphatic heterocycles. The van der Waals surface area contributed by atoms with Crippen LogP contribution in [0.25, 0.3) is 0 Å². The number of hydrogen-bond donors (Lipinski definition) is 0. The van der Waals surface area contributed by atoms with E-state index < -0.39 is 0 Å². The molecule has 0 atom stereocenters. The average Bonchev–Trinajstić information content (AvgIpc) is 2.96. The van der Waals surface area contributed by atoms with Gasteiger partial charge in [0.1, 0.15) is 6.61 Å². The minimum Gasteiger partial charge on any atom is -0.482 e. The molecule has 120 valence electrons. The van der Waals surface area contributed by atoms with E-state index in [1.54, 1.807) is 12.1 Å². The number of hydrogen-bond acceptors (Lipinski definition) is 6. The summed E-state index contributed by atoms with van der Waals surface area (Å²) in [5.41, 5.74) is 0. The number of aldehydes is 1. The lowest BCUT2D eigenvalue weighted by atomic mass is 10.4. The third kappa shape index (κ3) is 9.57. The molecule has 0 aliphatic carbocycles. The van der Waals surface area contributed by atoms with Crippen molar-refractivity contribution >= 4 is 17.6 Å². The van der Waals surface area contributed by atoms with Crippen LogP contribution < -0.4 is 4.74 Å². The Morgan fingerprint density at radius 1 is 0.952 bits per heavy atom. The van der Waals surface area contributed by atoms with Crippen molar-refractivity contribution in [1.82, 2.24) is 0 Å². The zero-order chi connectivity index (χ0) is 15.2. The minimum absolute atomic E-state index is 0.471. The van der Waals surface area contributed by atoms with Crippen molar-refractivity contribution < 1.29 is 23.7 Å². The number of carbonyl (C=O) groups excluding carboxylic acids is 1. The van der Waals surface area contributed by atoms with Gasteiger partial charge in [0.2, 0.25) is 0 Å². The standard InChI is InChI=1S/C15H24O5S/c1-2-3-6-17-7-8-18-9-10-19-11-12-20-15-5-4-14(13-16)21-15/h4-5,13H,2-3,6-12H2,1H3. The van der Waals surface area contributed by atoms with Gasteiger partial charge in [-0.3, -0.25) is 4.79 Å². The van der Waals surface area contributed by atoms with Crippen molar-refractivity contribution in [2.45, 2.75) is 19.8 Å². The number of carbonyl (C=O) groups is 1. The molecule has 0 unspecified atom stereocenters. The van der Waals surface area contributed by atoms with Gasteiger partial charge in [0.25, 0.3) is 0 Å². The Labute approximate surface area is 130 Å². The molecule has 0 saturated carbocycles. The molecule has 1 aromatic heterocycles. The molecule has 0 aliphatic rings. The van der Waals surface area contributed by atoms with Crippen molar-refractivity contribution in [2.75, 3.05) is 46.2 Å². The first kappa shape index (κ1) is 18.1. The summed E-state index contributed by atoms with van der Waals surface area (Å²) in [5, 5.41) is 0.737. The van der Waals surface area contributed by atoms with Crippen molar-refractivity contribution in [3.63, 3.8) is 0 Å². The summed E-state index contributed by atoms with van der Waals surface area (Å²) in [7, 11) is 0. The third-order valence-corrected chi connectivity index (χ3v) is 3.50. The van der Waals surface area contributed by atoms with E-state index in [4.69, 9.17) is 18.9 Å². The third-order valence-electron chi connectivity index (χ3n) is 2.58. The van der Waals surface area contributed by atoms with Crippen LogP contribution in [0, 0.1) is 0 Å². The van der Waals surface area contributed by atoms with Crippen molar-refractivity contribution in [3.05, 3.63) is 17.0 Å². The van der Waals surface area contributed by atoms with Gasteiger partial charge < -0.3 is 18.9 Å². The van der Waals surface area contributed by atoms with Crippen LogP contribution in [0.1, 0.15) is 29.4 Å². The topological polar surface area (TPSA) is 54.0 Å². The Kier molecular flexibility index (Phi) is 11.0. The molecule has 6 heteroatoms. The van der Waals surface area contributed by atoms with Gasteiger partial charge in [0.05, 0.1) is 37.9 Å². The summed E-state index contributed by atoms with van der Waals surface area (Å²) in [5.74, 6) is 0. The van der Waals surface area contributed by atoms with E-state index in [1.165, 1.54) is 11.3 Å². The van der Waals surface area contributed by atoms with Crippen LogP contribution in [0.2, 0.25) is 0 Å². The van der Waals surface area contributed by atoms with Crippen LogP contribution in [0.4, 0.5) is 0 Å². The molecule has 0 saturated heterocycles. The lowest BCUT2D eigenvalue weighted by Gasteiger charge is -2.07. The van der Waals surface area contributed by atoms with Crippen molar-refractivity contribution in [2.24, 2.45) is 0 Å². The largest absolute Gasteiger partial charge is 0.482 e. The molecule has 1 rings (SSSR count). The van der Waals surface area contributed by atoms with Crippen LogP contribution in [-0.4, -0.2) is 52.5 Å². The molecular weight excluding hydrogens is 292 g/mol. The van der Waals surface area contributed by atoms with E-state index in [9.17, 15) is 4.79 Å². The molecule has 0 amide bonds. The SMILES string of the molecule is CCCCOCCOCCOCCOc1ccc(C=O)s1. The molecule has 0 aromatic carbocycles. The fourth-order valence-electron chi connectivity index (χ4n) is 1.46. The van der Waals surface area contributed by atoms with Crippen molar-refractivity contribution in [3.8, 4) is 5.06 Å². The van der Waals surface area contributed by atoms with Gasteiger partial charge >= 0.3 is 0 Å². The molecule has 0 bridgehead atoms. The number of thiophene rings is 1. The highest BCUT2D eigenvalue weighted by atomic mass is 32.1. The quantitative estimate of drug-likeness (QED) is 0.390. The normalized spacial score (nSPS) is 10.7. The lowest BCUT2D eigenvalue weighted by Crippen LogP contribution is -2.12. The van der Waals surface area contributed by atoms with Crippen LogP contribution >= 0.6 is 11.3 Å². The van der Waals surface area contributed by atoms with Gasteiger partial charge in [-0.2, -0.15) is 0 Å². The minimum atomic E-state index is 0.471. The number of rotatable bonds is 14. The molecule has 0 N–H and O–H groups in total. The molecule has 5 nitrogen and oxygen atoms in total. The Bertz CT molecular complexity index is 367. The predicted molar refractivity (Wildman–Crippen MR) is 82.6 cm³/mol. The molecular formula is C15H24O5S. The highest BCUT2D eigenvalue weighted by Crippen LogP contribution is 2.22. The summed E-state index contributed by atoms with van der Waals surface area (Å²) in [6.45, 7) is 6.27. The summed E-state index contributed by atoms with van der Waals surface area (Å²) in [4.78, 5) is 11.2. The maximum absolute atomic E-state index is 10.5. The van der Waals surface area contributed by atoms with E-state index in [0.29, 0.717) is 44.5 Å². The molecule has 0 fully saturated rings. The van der Waals surface area contributed by atoms with E-state index in [1.807, 2.05) is 0 Å². The van der Waals surface area contributed by atoms with E-state index in [-0.39, 0.29) is 0 Å². The number of unbranched alkanes of at least 4 members (excludes halogenated alkanes) is 1. The average molecular weight is 316 g/mol. The maximum atomic E-state index is 10.5. The van der Waals surface area contributed by atoms with Gasteiger partial charge in [0.15, 0.2) is 11.3 Å². The van der Waals surface area contributed by atoms with Crippen LogP contribution in [-0.2, 0) is 14.2 Å². The van der Waals surface area contributed by atoms with Crippen molar-refractivity contribution in [1.29, 1.82) is 0 Å². The van der Waals surface area contributed by atoms with Gasteiger partial charge in [-0.1, -0.05) is 24.7 Å². The fourth-order valence-corrected chi connectivity index (χ4v) is 2.16. The Balaban J connectivity index is 1.81. The molecule has 1 heterocycles. The second-order valence-electron chi connectivity index (χ2n) is 4.31. The Hall–Kier alpha value is -0.950. The van der Waals surface area contributed by atoms with Gasteiger partial charge in [-0.15, -0.1) is 0 Å². The van der Waals surface area contributed by atoms with Crippen LogP contribution in [0.5, 0.6) is 5.06 Å². The fraction of sp³-hybridized carbons (Fsp3) is 0.667. The predicted octanol–water partition coefficient (Wildman–Crippen LogP) is 2.79. The van der Waals surface area contributed by atoms with E-state index in [0.717, 1.165) is 30.8 Å². The first-order chi connectivity index (χ1) is 10.4. The van der Waals surface area contributed by atoms with E-state index in [2.05, 4.69) is 6.92 Å². The summed E-state index contributed by atoms with van der Waals surface area (Å²) < 4.78 is 21.6. The van der Waals surface area contributed by atoms with Gasteiger partial charge in [-0.05, 0) is 18.6 Å². The monoisotopic (exact) mass is 316 g/mol. The van der Waals surface area contributed by atoms with Gasteiger partial charge in [-0.25, -0.2) is 0 Å². The highest BCUT2D eigenvalue weighted by molar-refractivity contribution is 7.15. The van der Waals surface area contributed by atoms with Gasteiger partial charge in [0, 0.05) is 6.61 Å². The number of ether oxygens (including phenoxy) is 4. The van der Waals surface area contributed by atoms with E-state index >= 15 is 0 Å². The smallest absolute Gasteiger partial charge is 0.174 e. The summed E-state index contributed by atoms with van der Waals surface area (Å²) in [6, 6.07) is 3.53. The zero-order valence-electron chi connectivity index (χ0n) is 12.5. The Morgan fingerprint density at radius 2 is 1.57 bits per heavy atom. The Morgan fingerprint density at radius 3 is 2.14 bits per heavy atom. The highest BCUT2D eigenvalue weighted by Gasteiger charge is 1.99. The second kappa shape index (κ2) is 12.8. The molecule has 0 spiro atoms. The maximum Gasteiger partial charge on any atom is 0.174 e. The molecule has 1 aromatic rings. The van der Waals surface area contributed by atoms with Crippen LogP contribution in [0.15, 0.2) is 12.1 Å². The van der Waals surface area contributed by atoms with Crippen LogP contribution in [0.3, 0.4) is 0 Å². The molecule has 21 heavy (non-hydrogen) atoms. The first-order valence-corrected chi connectivity index (χ1v) is 8.09. The molecule has 0 radical (unpaired) electrons. The zero-order valence-corrected chi connectivity index (χ0v) is 13.4. The summed E-state index contributed by atoms with van der Waals surface area (Å²) >= 11 is 1.33.